The quantitative estimate of drug-likeness (QED) is 0.542. The van der Waals surface area contributed by atoms with Crippen molar-refractivity contribution in [2.45, 2.75) is 4.90 Å². The van der Waals surface area contributed by atoms with E-state index in [0.29, 0.717) is 6.07 Å². The first-order valence-electron chi connectivity index (χ1n) is 2.67. The summed E-state index contributed by atoms with van der Waals surface area (Å²) in [5.41, 5.74) is 0. The van der Waals surface area contributed by atoms with Crippen molar-refractivity contribution in [2.75, 3.05) is 0 Å². The Bertz CT molecular complexity index is 306. The zero-order valence-corrected chi connectivity index (χ0v) is 6.07. The van der Waals surface area contributed by atoms with Crippen molar-refractivity contribution in [3.8, 4) is 0 Å². The molecule has 0 amide bonds. The molecular formula is C6H5F2NaO2S. The summed E-state index contributed by atoms with van der Waals surface area (Å²) in [4.78, 5) is -0.149. The van der Waals surface area contributed by atoms with E-state index >= 15 is 0 Å². The predicted molar refractivity (Wildman–Crippen MR) is 42.5 cm³/mol. The van der Waals surface area contributed by atoms with E-state index in [1.54, 1.807) is 0 Å². The van der Waals surface area contributed by atoms with E-state index in [0.717, 1.165) is 12.1 Å². The number of rotatable bonds is 1. The maximum absolute atomic E-state index is 12.3. The molecule has 1 rings (SSSR count). The molecule has 2 nitrogen and oxygen atoms in total. The summed E-state index contributed by atoms with van der Waals surface area (Å²) in [5, 5.41) is 0. The predicted octanol–water partition coefficient (Wildman–Crippen LogP) is 0.897. The number of halogens is 2. The van der Waals surface area contributed by atoms with Crippen molar-refractivity contribution >= 4 is 40.6 Å². The van der Waals surface area contributed by atoms with Gasteiger partial charge in [0.15, 0.2) is 22.7 Å². The van der Waals surface area contributed by atoms with Gasteiger partial charge in [-0.05, 0) is 18.2 Å². The Labute approximate surface area is 92.6 Å². The second-order valence-corrected chi connectivity index (χ2v) is 2.79. The van der Waals surface area contributed by atoms with Gasteiger partial charge in [-0.25, -0.2) is 13.0 Å². The fourth-order valence-electron chi connectivity index (χ4n) is 0.585. The summed E-state index contributed by atoms with van der Waals surface area (Å²) in [6.45, 7) is 0. The molecule has 0 aromatic heterocycles. The second-order valence-electron chi connectivity index (χ2n) is 1.83. The van der Waals surface area contributed by atoms with Gasteiger partial charge in [-0.15, -0.1) is 0 Å². The van der Waals surface area contributed by atoms with Gasteiger partial charge in [-0.2, -0.15) is 0 Å². The molecular weight excluding hydrogens is 197 g/mol. The second kappa shape index (κ2) is 5.04. The van der Waals surface area contributed by atoms with Crippen LogP contribution in [0.1, 0.15) is 0 Å². The average Bonchev–Trinajstić information content (AvgIpc) is 1.94. The van der Waals surface area contributed by atoms with Crippen molar-refractivity contribution in [3.63, 3.8) is 0 Å². The van der Waals surface area contributed by atoms with Gasteiger partial charge in [0.25, 0.3) is 0 Å². The summed E-state index contributed by atoms with van der Waals surface area (Å²) < 4.78 is 43.2. The Kier molecular flexibility index (Phi) is 5.12. The molecule has 0 spiro atoms. The minimum absolute atomic E-state index is 0. The van der Waals surface area contributed by atoms with Crippen molar-refractivity contribution in [1.82, 2.24) is 0 Å². The molecule has 12 heavy (non-hydrogen) atoms. The molecule has 0 saturated heterocycles. The fraction of sp³-hybridized carbons (Fsp3) is 0. The molecule has 0 saturated carbocycles. The Morgan fingerprint density at radius 3 is 2.25 bits per heavy atom. The standard InChI is InChI=1S/C6H4F2O2S.Na.H/c7-5-2-1-4(11(9)10)3-6(5)8;;/h1-3H,(H,9,10);;. The van der Waals surface area contributed by atoms with Crippen LogP contribution in [0.15, 0.2) is 23.1 Å². The van der Waals surface area contributed by atoms with Crippen LogP contribution >= 0.6 is 0 Å². The van der Waals surface area contributed by atoms with Gasteiger partial charge in [0.2, 0.25) is 0 Å². The monoisotopic (exact) mass is 202 g/mol. The topological polar surface area (TPSA) is 37.3 Å². The zero-order chi connectivity index (χ0) is 8.43. The molecule has 1 N–H and O–H groups in total. The Morgan fingerprint density at radius 1 is 1.25 bits per heavy atom. The van der Waals surface area contributed by atoms with E-state index in [2.05, 4.69) is 0 Å². The van der Waals surface area contributed by atoms with Crippen LogP contribution in [0.2, 0.25) is 0 Å². The van der Waals surface area contributed by atoms with Gasteiger partial charge < -0.3 is 4.55 Å². The third kappa shape index (κ3) is 2.91. The minimum atomic E-state index is -2.25. The fourth-order valence-corrected chi connectivity index (χ4v) is 0.974. The molecule has 1 atom stereocenters. The molecule has 0 radical (unpaired) electrons. The summed E-state index contributed by atoms with van der Waals surface area (Å²) in [6.07, 6.45) is 0. The Balaban J connectivity index is 0.00000121. The van der Waals surface area contributed by atoms with Crippen molar-refractivity contribution in [3.05, 3.63) is 29.8 Å². The van der Waals surface area contributed by atoms with E-state index < -0.39 is 22.7 Å². The van der Waals surface area contributed by atoms with E-state index in [1.165, 1.54) is 0 Å². The molecule has 1 unspecified atom stereocenters. The maximum atomic E-state index is 12.3. The number of hydrogen-bond donors (Lipinski definition) is 1. The van der Waals surface area contributed by atoms with Crippen molar-refractivity contribution in [2.24, 2.45) is 0 Å². The van der Waals surface area contributed by atoms with Gasteiger partial charge >= 0.3 is 29.6 Å². The average molecular weight is 202 g/mol. The van der Waals surface area contributed by atoms with Crippen LogP contribution in [0, 0.1) is 11.6 Å². The van der Waals surface area contributed by atoms with Crippen LogP contribution in [-0.2, 0) is 11.1 Å². The molecule has 0 aliphatic heterocycles. The van der Waals surface area contributed by atoms with Crippen LogP contribution in [-0.4, -0.2) is 38.3 Å². The molecule has 0 heterocycles. The molecule has 1 aromatic carbocycles. The number of hydrogen-bond acceptors (Lipinski definition) is 1. The summed E-state index contributed by atoms with van der Waals surface area (Å²) in [5.74, 6) is -2.15. The zero-order valence-electron chi connectivity index (χ0n) is 5.25. The Morgan fingerprint density at radius 2 is 1.83 bits per heavy atom. The first-order chi connectivity index (χ1) is 5.11. The summed E-state index contributed by atoms with van der Waals surface area (Å²) in [7, 11) is 0. The molecule has 62 valence electrons. The normalized spacial score (nSPS) is 11.9. The molecule has 0 fully saturated rings. The van der Waals surface area contributed by atoms with Gasteiger partial charge in [-0.1, -0.05) is 0 Å². The molecule has 0 bridgehead atoms. The number of benzene rings is 1. The molecule has 1 aromatic rings. The van der Waals surface area contributed by atoms with Crippen LogP contribution in [0.3, 0.4) is 0 Å². The molecule has 6 heteroatoms. The SMILES string of the molecule is O=S(O)c1ccc(F)c(F)c1.[NaH]. The molecule has 0 aliphatic rings. The van der Waals surface area contributed by atoms with Crippen LogP contribution in [0.4, 0.5) is 8.78 Å². The van der Waals surface area contributed by atoms with E-state index in [9.17, 15) is 13.0 Å². The first kappa shape index (κ1) is 12.2. The van der Waals surface area contributed by atoms with E-state index in [-0.39, 0.29) is 34.5 Å². The van der Waals surface area contributed by atoms with Gasteiger partial charge in [0, 0.05) is 0 Å². The Hall–Kier alpha value is 0.190. The first-order valence-corrected chi connectivity index (χ1v) is 3.78. The van der Waals surface area contributed by atoms with Crippen molar-refractivity contribution in [1.29, 1.82) is 0 Å². The summed E-state index contributed by atoms with van der Waals surface area (Å²) in [6, 6.07) is 2.54. The van der Waals surface area contributed by atoms with E-state index in [4.69, 9.17) is 4.55 Å². The van der Waals surface area contributed by atoms with Gasteiger partial charge in [0.1, 0.15) is 0 Å². The third-order valence-electron chi connectivity index (χ3n) is 1.09. The van der Waals surface area contributed by atoms with Crippen LogP contribution in [0.25, 0.3) is 0 Å². The summed E-state index contributed by atoms with van der Waals surface area (Å²) >= 11 is -2.25. The van der Waals surface area contributed by atoms with Crippen molar-refractivity contribution < 1.29 is 17.5 Å². The van der Waals surface area contributed by atoms with Gasteiger partial charge in [-0.3, -0.25) is 0 Å². The van der Waals surface area contributed by atoms with E-state index in [1.807, 2.05) is 0 Å². The van der Waals surface area contributed by atoms with Crippen LogP contribution < -0.4 is 0 Å². The molecule has 0 aliphatic carbocycles. The third-order valence-corrected chi connectivity index (χ3v) is 1.75. The van der Waals surface area contributed by atoms with Gasteiger partial charge in [0.05, 0.1) is 4.90 Å². The van der Waals surface area contributed by atoms with Crippen LogP contribution in [0.5, 0.6) is 0 Å².